The van der Waals surface area contributed by atoms with E-state index in [1.165, 1.54) is 21.5 Å². The third-order valence-electron chi connectivity index (χ3n) is 4.77. The molecular weight excluding hydrogens is 398 g/mol. The Kier molecular flexibility index (Phi) is 7.28. The molecule has 0 unspecified atom stereocenters. The van der Waals surface area contributed by atoms with Crippen molar-refractivity contribution in [2.24, 2.45) is 0 Å². The molecule has 0 bridgehead atoms. The van der Waals surface area contributed by atoms with Crippen LogP contribution in [-0.2, 0) is 24.2 Å². The standard InChI is InChI=1S/C19H25N3O4S2/c1-2-7-22-18(26)16-13-5-3-4-6-14(13)28-17(16)20-19(22)27-12-15(25)21(8-10-23)9-11-24/h2,23-24H,1,3-12H2. The number of carbonyl (C=O) groups is 1. The number of fused-ring (bicyclic) bond motifs is 3. The van der Waals surface area contributed by atoms with E-state index in [0.717, 1.165) is 41.5 Å². The third kappa shape index (κ3) is 4.32. The predicted octanol–water partition coefficient (Wildman–Crippen LogP) is 1.43. The van der Waals surface area contributed by atoms with Gasteiger partial charge in [0, 0.05) is 24.5 Å². The van der Waals surface area contributed by atoms with Gasteiger partial charge in [0.25, 0.3) is 5.56 Å². The van der Waals surface area contributed by atoms with Crippen molar-refractivity contribution in [1.82, 2.24) is 14.5 Å². The third-order valence-corrected chi connectivity index (χ3v) is 6.92. The molecule has 0 spiro atoms. The Balaban J connectivity index is 1.91. The number of thioether (sulfide) groups is 1. The molecule has 0 saturated carbocycles. The van der Waals surface area contributed by atoms with E-state index in [9.17, 15) is 9.59 Å². The molecule has 2 heterocycles. The van der Waals surface area contributed by atoms with Gasteiger partial charge in [0.2, 0.25) is 5.91 Å². The van der Waals surface area contributed by atoms with Crippen LogP contribution < -0.4 is 5.56 Å². The summed E-state index contributed by atoms with van der Waals surface area (Å²) in [5, 5.41) is 19.4. The largest absolute Gasteiger partial charge is 0.395 e. The maximum Gasteiger partial charge on any atom is 0.263 e. The Morgan fingerprint density at radius 2 is 2.00 bits per heavy atom. The Morgan fingerprint density at radius 1 is 1.29 bits per heavy atom. The molecule has 7 nitrogen and oxygen atoms in total. The summed E-state index contributed by atoms with van der Waals surface area (Å²) in [5.41, 5.74) is 1.08. The highest BCUT2D eigenvalue weighted by Gasteiger charge is 2.22. The van der Waals surface area contributed by atoms with Crippen molar-refractivity contribution in [1.29, 1.82) is 0 Å². The molecule has 2 aromatic heterocycles. The Morgan fingerprint density at radius 3 is 2.68 bits per heavy atom. The highest BCUT2D eigenvalue weighted by molar-refractivity contribution is 7.99. The van der Waals surface area contributed by atoms with Gasteiger partial charge in [0.1, 0.15) is 4.83 Å². The number of rotatable bonds is 9. The lowest BCUT2D eigenvalue weighted by Gasteiger charge is -2.20. The van der Waals surface area contributed by atoms with Crippen molar-refractivity contribution in [2.75, 3.05) is 32.1 Å². The number of allylic oxidation sites excluding steroid dienone is 1. The average Bonchev–Trinajstić information content (AvgIpc) is 3.07. The molecule has 2 N–H and O–H groups in total. The summed E-state index contributed by atoms with van der Waals surface area (Å²) < 4.78 is 1.58. The minimum Gasteiger partial charge on any atom is -0.395 e. The van der Waals surface area contributed by atoms with Crippen LogP contribution in [0.3, 0.4) is 0 Å². The van der Waals surface area contributed by atoms with Crippen molar-refractivity contribution in [3.63, 3.8) is 0 Å². The summed E-state index contributed by atoms with van der Waals surface area (Å²) in [5.74, 6) is -0.127. The fourth-order valence-electron chi connectivity index (χ4n) is 3.44. The molecule has 0 aromatic carbocycles. The molecule has 0 aliphatic heterocycles. The molecule has 1 amide bonds. The topological polar surface area (TPSA) is 95.7 Å². The smallest absolute Gasteiger partial charge is 0.263 e. The van der Waals surface area contributed by atoms with Crippen LogP contribution in [-0.4, -0.2) is 62.6 Å². The SMILES string of the molecule is C=CCn1c(SCC(=O)N(CCO)CCO)nc2sc3c(c2c1=O)CCCC3. The number of aliphatic hydroxyl groups excluding tert-OH is 2. The first kappa shape index (κ1) is 21.0. The number of thiophene rings is 1. The first-order chi connectivity index (χ1) is 13.6. The van der Waals surface area contributed by atoms with Gasteiger partial charge in [0.15, 0.2) is 5.16 Å². The number of amides is 1. The summed E-state index contributed by atoms with van der Waals surface area (Å²) >= 11 is 2.79. The second-order valence-corrected chi connectivity index (χ2v) is 8.63. The maximum absolute atomic E-state index is 13.2. The first-order valence-corrected chi connectivity index (χ1v) is 11.2. The lowest BCUT2D eigenvalue weighted by atomic mass is 9.97. The molecule has 1 aliphatic rings. The van der Waals surface area contributed by atoms with Gasteiger partial charge in [-0.25, -0.2) is 4.98 Å². The molecule has 0 radical (unpaired) electrons. The molecule has 0 saturated heterocycles. The van der Waals surface area contributed by atoms with E-state index in [-0.39, 0.29) is 43.5 Å². The van der Waals surface area contributed by atoms with Gasteiger partial charge >= 0.3 is 0 Å². The van der Waals surface area contributed by atoms with Gasteiger partial charge in [-0.2, -0.15) is 0 Å². The molecule has 1 aliphatic carbocycles. The first-order valence-electron chi connectivity index (χ1n) is 9.39. The normalized spacial score (nSPS) is 13.5. The maximum atomic E-state index is 13.2. The van der Waals surface area contributed by atoms with E-state index in [0.29, 0.717) is 11.7 Å². The second kappa shape index (κ2) is 9.69. The van der Waals surface area contributed by atoms with E-state index in [4.69, 9.17) is 15.2 Å². The zero-order chi connectivity index (χ0) is 20.1. The number of aliphatic hydroxyl groups is 2. The number of hydrogen-bond donors (Lipinski definition) is 2. The molecule has 0 atom stereocenters. The summed E-state index contributed by atoms with van der Waals surface area (Å²) in [6.07, 6.45) is 5.81. The summed E-state index contributed by atoms with van der Waals surface area (Å²) in [7, 11) is 0. The summed E-state index contributed by atoms with van der Waals surface area (Å²) in [6, 6.07) is 0. The fourth-order valence-corrected chi connectivity index (χ4v) is 5.65. The second-order valence-electron chi connectivity index (χ2n) is 6.61. The minimum atomic E-state index is -0.210. The highest BCUT2D eigenvalue weighted by atomic mass is 32.2. The van der Waals surface area contributed by atoms with Gasteiger partial charge in [-0.15, -0.1) is 17.9 Å². The lowest BCUT2D eigenvalue weighted by Crippen LogP contribution is -2.37. The van der Waals surface area contributed by atoms with Crippen LogP contribution in [0.2, 0.25) is 0 Å². The monoisotopic (exact) mass is 423 g/mol. The van der Waals surface area contributed by atoms with Gasteiger partial charge in [-0.3, -0.25) is 14.2 Å². The van der Waals surface area contributed by atoms with Crippen molar-refractivity contribution in [3.8, 4) is 0 Å². The molecule has 0 fully saturated rings. The van der Waals surface area contributed by atoms with Crippen LogP contribution in [0.1, 0.15) is 23.3 Å². The van der Waals surface area contributed by atoms with Crippen molar-refractivity contribution < 1.29 is 15.0 Å². The molecular formula is C19H25N3O4S2. The van der Waals surface area contributed by atoms with Gasteiger partial charge in [-0.05, 0) is 31.2 Å². The summed E-state index contributed by atoms with van der Waals surface area (Å²) in [6.45, 7) is 4.09. The minimum absolute atomic E-state index is 0.0678. The quantitative estimate of drug-likeness (QED) is 0.360. The molecule has 3 rings (SSSR count). The Hall–Kier alpha value is -1.68. The van der Waals surface area contributed by atoms with Crippen LogP contribution in [0.15, 0.2) is 22.6 Å². The number of aromatic nitrogens is 2. The average molecular weight is 424 g/mol. The molecule has 9 heteroatoms. The van der Waals surface area contributed by atoms with Gasteiger partial charge in [0.05, 0.1) is 24.4 Å². The van der Waals surface area contributed by atoms with E-state index >= 15 is 0 Å². The molecule has 2 aromatic rings. The number of nitrogens with zero attached hydrogens (tertiary/aromatic N) is 3. The van der Waals surface area contributed by atoms with E-state index in [1.54, 1.807) is 22.0 Å². The Bertz CT molecular complexity index is 916. The Labute approximate surface area is 171 Å². The molecule has 28 heavy (non-hydrogen) atoms. The van der Waals surface area contributed by atoms with Crippen LogP contribution in [0.25, 0.3) is 10.2 Å². The predicted molar refractivity (Wildman–Crippen MR) is 112 cm³/mol. The van der Waals surface area contributed by atoms with E-state index < -0.39 is 0 Å². The van der Waals surface area contributed by atoms with E-state index in [2.05, 4.69) is 6.58 Å². The van der Waals surface area contributed by atoms with Crippen molar-refractivity contribution in [2.45, 2.75) is 37.4 Å². The van der Waals surface area contributed by atoms with Crippen LogP contribution in [0.5, 0.6) is 0 Å². The van der Waals surface area contributed by atoms with Crippen molar-refractivity contribution in [3.05, 3.63) is 33.4 Å². The number of hydrogen-bond acceptors (Lipinski definition) is 7. The van der Waals surface area contributed by atoms with E-state index in [1.807, 2.05) is 0 Å². The van der Waals surface area contributed by atoms with Crippen molar-refractivity contribution >= 4 is 39.2 Å². The van der Waals surface area contributed by atoms with Crippen LogP contribution in [0.4, 0.5) is 0 Å². The van der Waals surface area contributed by atoms with Gasteiger partial charge in [-0.1, -0.05) is 17.8 Å². The summed E-state index contributed by atoms with van der Waals surface area (Å²) in [4.78, 5) is 33.7. The zero-order valence-electron chi connectivity index (χ0n) is 15.7. The highest BCUT2D eigenvalue weighted by Crippen LogP contribution is 2.34. The molecule has 152 valence electrons. The fraction of sp³-hybridized carbons (Fsp3) is 0.526. The lowest BCUT2D eigenvalue weighted by molar-refractivity contribution is -0.129. The van der Waals surface area contributed by atoms with Crippen LogP contribution >= 0.6 is 23.1 Å². The zero-order valence-corrected chi connectivity index (χ0v) is 17.4. The van der Waals surface area contributed by atoms with Gasteiger partial charge < -0.3 is 15.1 Å². The number of carbonyl (C=O) groups excluding carboxylic acids is 1. The van der Waals surface area contributed by atoms with Crippen LogP contribution in [0, 0.1) is 0 Å². The number of aryl methyl sites for hydroxylation is 2.